The van der Waals surface area contributed by atoms with E-state index in [-0.39, 0.29) is 164 Å². The third-order valence-corrected chi connectivity index (χ3v) is 14.7. The van der Waals surface area contributed by atoms with Gasteiger partial charge in [0.2, 0.25) is 23.6 Å². The second-order valence-electron chi connectivity index (χ2n) is 21.6. The predicted octanol–water partition coefficient (Wildman–Crippen LogP) is 4.34. The summed E-state index contributed by atoms with van der Waals surface area (Å²) in [5.41, 5.74) is 27.1. The molecule has 0 saturated carbocycles. The highest BCUT2D eigenvalue weighted by molar-refractivity contribution is 5.90. The second kappa shape index (κ2) is 46.2. The van der Waals surface area contributed by atoms with E-state index in [1.165, 1.54) is 0 Å². The Hall–Kier alpha value is -6.05. The molecule has 23 heteroatoms. The van der Waals surface area contributed by atoms with Crippen molar-refractivity contribution in [3.8, 4) is 11.1 Å². The molecule has 13 N–H and O–H groups in total. The molecule has 4 amide bonds. The van der Waals surface area contributed by atoms with Crippen LogP contribution in [0.1, 0.15) is 171 Å². The number of carboxylic acid groups (broad SMARTS) is 1. The lowest BCUT2D eigenvalue weighted by Crippen LogP contribution is -2.41. The predicted molar refractivity (Wildman–Crippen MR) is 325 cm³/mol. The Balaban J connectivity index is 1.27. The molecule has 23 nitrogen and oxygen atoms in total. The molecule has 4 unspecified atom stereocenters. The molecule has 0 bridgehead atoms. The molecular weight excluding hydrogens is 1110 g/mol. The zero-order valence-corrected chi connectivity index (χ0v) is 50.6. The monoisotopic (exact) mass is 1210 g/mol. The third-order valence-electron chi connectivity index (χ3n) is 14.7. The lowest BCUT2D eigenvalue weighted by atomic mass is 9.98. The Labute approximate surface area is 507 Å². The molecule has 2 aromatic rings. The van der Waals surface area contributed by atoms with Crippen molar-refractivity contribution in [1.29, 1.82) is 0 Å². The summed E-state index contributed by atoms with van der Waals surface area (Å²) >= 11 is 0. The molecule has 0 radical (unpaired) electrons. The number of ketones is 3. The molecule has 1 aliphatic rings. The summed E-state index contributed by atoms with van der Waals surface area (Å²) in [5.74, 6) is -3.38. The molecular formula is C63H100N8O15. The van der Waals surface area contributed by atoms with Crippen LogP contribution in [0.4, 0.5) is 0 Å². The van der Waals surface area contributed by atoms with Crippen molar-refractivity contribution >= 4 is 52.9 Å². The van der Waals surface area contributed by atoms with E-state index < -0.39 is 36.0 Å². The number of benzene rings is 2. The van der Waals surface area contributed by atoms with E-state index in [9.17, 15) is 48.3 Å². The first-order valence-electron chi connectivity index (χ1n) is 31.2. The maximum absolute atomic E-state index is 13.3. The minimum atomic E-state index is -1.11. The van der Waals surface area contributed by atoms with Gasteiger partial charge in [-0.05, 0) is 151 Å². The smallest absolute Gasteiger partial charge is 0.326 e. The molecule has 0 saturated heterocycles. The van der Waals surface area contributed by atoms with Gasteiger partial charge >= 0.3 is 11.9 Å². The zero-order valence-electron chi connectivity index (χ0n) is 50.6. The van der Waals surface area contributed by atoms with Gasteiger partial charge in [0, 0.05) is 83.7 Å². The van der Waals surface area contributed by atoms with E-state index in [2.05, 4.69) is 45.5 Å². The molecule has 4 atom stereocenters. The number of ether oxygens (including phenoxy) is 5. The normalized spacial score (nSPS) is 13.2. The molecule has 3 rings (SSSR count). The van der Waals surface area contributed by atoms with Crippen LogP contribution in [0.5, 0.6) is 0 Å². The van der Waals surface area contributed by atoms with Crippen LogP contribution in [0.2, 0.25) is 0 Å². The Morgan fingerprint density at radius 3 is 1.01 bits per heavy atom. The SMILES string of the molecule is NCCCCC(NC(=O)CCOCCCC(=O)C(CCCCN)NC(=O)CCOCCCC(=O)C(CCCCN)NC(=O)CCOCCCC(=O)C(CCCCN)NC(=O)CCOCCCC(=O)OCC1c2ccccc2-c2ccccc21)C(=O)O. The molecule has 2 aromatic carbocycles. The number of amides is 4. The van der Waals surface area contributed by atoms with Gasteiger partial charge in [-0.2, -0.15) is 0 Å². The van der Waals surface area contributed by atoms with E-state index >= 15 is 0 Å². The van der Waals surface area contributed by atoms with Gasteiger partial charge in [-0.25, -0.2) is 4.79 Å². The first kappa shape index (κ1) is 74.2. The Morgan fingerprint density at radius 2 is 0.686 bits per heavy atom. The van der Waals surface area contributed by atoms with Crippen LogP contribution < -0.4 is 44.2 Å². The van der Waals surface area contributed by atoms with E-state index in [4.69, 9.17) is 46.6 Å². The number of Topliss-reactive ketones (excluding diaryl/α,β-unsaturated/α-hetero) is 3. The number of nitrogens with two attached hydrogens (primary N) is 4. The van der Waals surface area contributed by atoms with Crippen LogP contribution in [-0.2, 0) is 66.8 Å². The average Bonchev–Trinajstić information content (AvgIpc) is 1.84. The fraction of sp³-hybridized carbons (Fsp3) is 0.667. The van der Waals surface area contributed by atoms with Crippen molar-refractivity contribution in [3.63, 3.8) is 0 Å². The first-order valence-corrected chi connectivity index (χ1v) is 31.2. The van der Waals surface area contributed by atoms with Crippen molar-refractivity contribution in [2.45, 2.75) is 184 Å². The first-order chi connectivity index (χ1) is 41.7. The van der Waals surface area contributed by atoms with Gasteiger partial charge in [-0.3, -0.25) is 38.4 Å². The lowest BCUT2D eigenvalue weighted by Gasteiger charge is -2.19. The summed E-state index contributed by atoms with van der Waals surface area (Å²) in [6.45, 7) is 3.24. The molecule has 482 valence electrons. The van der Waals surface area contributed by atoms with Gasteiger partial charge in [0.05, 0.1) is 44.6 Å². The number of rotatable bonds is 54. The largest absolute Gasteiger partial charge is 0.480 e. The molecule has 0 aromatic heterocycles. The van der Waals surface area contributed by atoms with Crippen molar-refractivity contribution < 1.29 is 71.9 Å². The number of carboxylic acids is 1. The molecule has 0 spiro atoms. The van der Waals surface area contributed by atoms with Gasteiger partial charge < -0.3 is 73.0 Å². The number of hydrogen-bond acceptors (Lipinski definition) is 18. The summed E-state index contributed by atoms with van der Waals surface area (Å²) < 4.78 is 28.2. The number of nitrogens with one attached hydrogen (secondary N) is 4. The van der Waals surface area contributed by atoms with Crippen LogP contribution >= 0.6 is 0 Å². The van der Waals surface area contributed by atoms with Gasteiger partial charge in [-0.1, -0.05) is 48.5 Å². The zero-order chi connectivity index (χ0) is 62.6. The highest BCUT2D eigenvalue weighted by atomic mass is 16.5. The molecule has 0 heterocycles. The summed E-state index contributed by atoms with van der Waals surface area (Å²) in [6, 6.07) is 13.2. The van der Waals surface area contributed by atoms with Crippen LogP contribution in [0, 0.1) is 0 Å². The molecule has 0 aliphatic heterocycles. The fourth-order valence-corrected chi connectivity index (χ4v) is 9.88. The number of carbonyl (C=O) groups excluding carboxylic acids is 8. The quantitative estimate of drug-likeness (QED) is 0.0328. The number of carbonyl (C=O) groups is 9. The van der Waals surface area contributed by atoms with E-state index in [1.807, 2.05) is 24.3 Å². The number of unbranched alkanes of at least 4 members (excludes halogenated alkanes) is 4. The van der Waals surface area contributed by atoms with E-state index in [0.29, 0.717) is 122 Å². The maximum atomic E-state index is 13.3. The van der Waals surface area contributed by atoms with Gasteiger partial charge in [0.1, 0.15) is 12.6 Å². The van der Waals surface area contributed by atoms with Gasteiger partial charge in [0.15, 0.2) is 17.3 Å². The minimum absolute atomic E-state index is 0.000307. The topological polar surface area (TPSA) is 372 Å². The van der Waals surface area contributed by atoms with E-state index in [0.717, 1.165) is 22.3 Å². The summed E-state index contributed by atoms with van der Waals surface area (Å²) in [7, 11) is 0. The summed E-state index contributed by atoms with van der Waals surface area (Å²) in [5, 5.41) is 20.4. The number of hydrogen-bond donors (Lipinski definition) is 9. The fourth-order valence-electron chi connectivity index (χ4n) is 9.88. The van der Waals surface area contributed by atoms with Crippen LogP contribution in [0.25, 0.3) is 11.1 Å². The molecule has 86 heavy (non-hydrogen) atoms. The van der Waals surface area contributed by atoms with Gasteiger partial charge in [-0.15, -0.1) is 0 Å². The average molecular weight is 1210 g/mol. The Bertz CT molecular complexity index is 2300. The second-order valence-corrected chi connectivity index (χ2v) is 21.6. The van der Waals surface area contributed by atoms with Crippen LogP contribution in [0.15, 0.2) is 48.5 Å². The Morgan fingerprint density at radius 1 is 0.384 bits per heavy atom. The number of esters is 1. The third kappa shape index (κ3) is 31.6. The van der Waals surface area contributed by atoms with Crippen molar-refractivity contribution in [3.05, 3.63) is 59.7 Å². The highest BCUT2D eigenvalue weighted by Crippen LogP contribution is 2.44. The minimum Gasteiger partial charge on any atom is -0.480 e. The van der Waals surface area contributed by atoms with Crippen molar-refractivity contribution in [1.82, 2.24) is 21.3 Å². The molecule has 0 fully saturated rings. The van der Waals surface area contributed by atoms with Crippen molar-refractivity contribution in [2.24, 2.45) is 22.9 Å². The van der Waals surface area contributed by atoms with Crippen LogP contribution in [-0.4, -0.2) is 168 Å². The summed E-state index contributed by atoms with van der Waals surface area (Å²) in [4.78, 5) is 115. The Kier molecular flexibility index (Phi) is 39.8. The van der Waals surface area contributed by atoms with Gasteiger partial charge in [0.25, 0.3) is 0 Å². The standard InChI is InChI=1S/C63H100N8O15/c64-33-9-5-21-51(55(72)25-13-37-82-42-30-59(76)69-52(22-6-10-34-65)57(74)27-15-39-84-44-32-61(78)71-54(63(80)81)24-8-12-36-67)68-58(75)29-41-83-38-14-26-56(73)53(23-7-11-35-66)70-60(77)31-43-85-40-16-28-62(79)86-45-50-48-19-3-1-17-46(48)47-18-2-4-20-49(47)50/h1-4,17-20,50-54H,5-16,21-45,64-67H2,(H,68,75)(H,69,76)(H,70,77)(H,71,78)(H,80,81). The number of aliphatic carboxylic acids is 1. The highest BCUT2D eigenvalue weighted by Gasteiger charge is 2.29. The molecule has 1 aliphatic carbocycles. The summed E-state index contributed by atoms with van der Waals surface area (Å²) in [6.07, 6.45) is 8.94. The van der Waals surface area contributed by atoms with Crippen LogP contribution in [0.3, 0.4) is 0 Å². The lowest BCUT2D eigenvalue weighted by molar-refractivity contribution is -0.144. The number of fused-ring (bicyclic) bond motifs is 3. The van der Waals surface area contributed by atoms with Crippen molar-refractivity contribution in [2.75, 3.05) is 85.6 Å². The maximum Gasteiger partial charge on any atom is 0.326 e. The van der Waals surface area contributed by atoms with E-state index in [1.54, 1.807) is 0 Å².